The van der Waals surface area contributed by atoms with Crippen molar-refractivity contribution < 1.29 is 0 Å². The van der Waals surface area contributed by atoms with Crippen molar-refractivity contribution in [3.63, 3.8) is 0 Å². The Balaban J connectivity index is 1.65. The number of hydrogen-bond acceptors (Lipinski definition) is 3. The topological polar surface area (TPSA) is 63.3 Å². The number of fused-ring (bicyclic) bond motifs is 1. The minimum absolute atomic E-state index is 0.443. The fraction of sp³-hybridized carbons (Fsp3) is 0.375. The molecule has 1 heterocycles. The van der Waals surface area contributed by atoms with E-state index in [4.69, 9.17) is 5.73 Å². The first kappa shape index (κ1) is 14.1. The standard InChI is InChI=1S/C16H20N4S/c1-10-11(2)21-15(19-10)9-18-16(17)20-14-7-6-12-4-3-5-13(12)8-14/h6-8H,3-5,9H2,1-2H3,(H3,17,18,20). The molecule has 0 radical (unpaired) electrons. The van der Waals surface area contributed by atoms with Crippen molar-refractivity contribution in [3.05, 3.63) is 44.9 Å². The minimum atomic E-state index is 0.443. The Morgan fingerprint density at radius 1 is 1.33 bits per heavy atom. The largest absolute Gasteiger partial charge is 0.370 e. The third-order valence-corrected chi connectivity index (χ3v) is 4.89. The van der Waals surface area contributed by atoms with Crippen LogP contribution >= 0.6 is 11.3 Å². The summed E-state index contributed by atoms with van der Waals surface area (Å²) in [4.78, 5) is 10.1. The van der Waals surface area contributed by atoms with Crippen LogP contribution in [0.5, 0.6) is 0 Å². The molecule has 3 N–H and O–H groups in total. The van der Waals surface area contributed by atoms with E-state index in [2.05, 4.69) is 40.4 Å². The predicted octanol–water partition coefficient (Wildman–Crippen LogP) is 3.18. The van der Waals surface area contributed by atoms with Crippen LogP contribution in [0.1, 0.15) is 33.1 Å². The number of aromatic nitrogens is 1. The SMILES string of the molecule is Cc1nc(CN=C(N)Nc2ccc3c(c2)CCC3)sc1C. The molecule has 0 amide bonds. The Labute approximate surface area is 129 Å². The van der Waals surface area contributed by atoms with Gasteiger partial charge < -0.3 is 11.1 Å². The first-order chi connectivity index (χ1) is 10.1. The average molecular weight is 300 g/mol. The highest BCUT2D eigenvalue weighted by Crippen LogP contribution is 2.24. The molecule has 0 atom stereocenters. The fourth-order valence-corrected chi connectivity index (χ4v) is 3.46. The van der Waals surface area contributed by atoms with Gasteiger partial charge in [-0.25, -0.2) is 9.98 Å². The van der Waals surface area contributed by atoms with E-state index in [9.17, 15) is 0 Å². The van der Waals surface area contributed by atoms with Crippen molar-refractivity contribution in [2.75, 3.05) is 5.32 Å². The summed E-state index contributed by atoms with van der Waals surface area (Å²) < 4.78 is 0. The quantitative estimate of drug-likeness (QED) is 0.676. The number of thiazole rings is 1. The second-order valence-corrected chi connectivity index (χ2v) is 6.70. The molecule has 0 saturated carbocycles. The van der Waals surface area contributed by atoms with Crippen LogP contribution in [-0.4, -0.2) is 10.9 Å². The maximum absolute atomic E-state index is 5.96. The molecule has 1 aromatic heterocycles. The van der Waals surface area contributed by atoms with E-state index in [-0.39, 0.29) is 0 Å². The van der Waals surface area contributed by atoms with E-state index in [0.717, 1.165) is 16.4 Å². The molecule has 0 bridgehead atoms. The fourth-order valence-electron chi connectivity index (χ4n) is 2.60. The lowest BCUT2D eigenvalue weighted by molar-refractivity contribution is 0.912. The summed E-state index contributed by atoms with van der Waals surface area (Å²) >= 11 is 1.68. The summed E-state index contributed by atoms with van der Waals surface area (Å²) in [5.74, 6) is 0.443. The third kappa shape index (κ3) is 3.24. The van der Waals surface area contributed by atoms with Crippen LogP contribution in [0.15, 0.2) is 23.2 Å². The number of aliphatic imine (C=N–C) groups is 1. The Kier molecular flexibility index (Phi) is 3.92. The lowest BCUT2D eigenvalue weighted by atomic mass is 10.1. The molecule has 2 aromatic rings. The molecular formula is C16H20N4S. The third-order valence-electron chi connectivity index (χ3n) is 3.83. The molecule has 0 spiro atoms. The number of guanidine groups is 1. The van der Waals surface area contributed by atoms with Gasteiger partial charge in [0.15, 0.2) is 5.96 Å². The molecule has 0 saturated heterocycles. The maximum atomic E-state index is 5.96. The molecule has 0 unspecified atom stereocenters. The van der Waals surface area contributed by atoms with Gasteiger partial charge in [-0.2, -0.15) is 0 Å². The second-order valence-electron chi connectivity index (χ2n) is 5.41. The van der Waals surface area contributed by atoms with Crippen LogP contribution < -0.4 is 11.1 Å². The van der Waals surface area contributed by atoms with E-state index in [1.807, 2.05) is 6.92 Å². The summed E-state index contributed by atoms with van der Waals surface area (Å²) in [6, 6.07) is 6.44. The molecular weight excluding hydrogens is 280 g/mol. The number of nitrogens with two attached hydrogens (primary N) is 1. The van der Waals surface area contributed by atoms with Gasteiger partial charge in [0.2, 0.25) is 0 Å². The summed E-state index contributed by atoms with van der Waals surface area (Å²) in [6.45, 7) is 4.63. The highest BCUT2D eigenvalue weighted by molar-refractivity contribution is 7.11. The highest BCUT2D eigenvalue weighted by Gasteiger charge is 2.11. The first-order valence-corrected chi connectivity index (χ1v) is 8.05. The molecule has 0 fully saturated rings. The zero-order valence-electron chi connectivity index (χ0n) is 12.4. The molecule has 1 aromatic carbocycles. The number of nitrogens with zero attached hydrogens (tertiary/aromatic N) is 2. The summed E-state index contributed by atoms with van der Waals surface area (Å²) in [5.41, 5.74) is 10.9. The zero-order chi connectivity index (χ0) is 14.8. The number of nitrogens with one attached hydrogen (secondary N) is 1. The van der Waals surface area contributed by atoms with Crippen LogP contribution in [0.3, 0.4) is 0 Å². The Hall–Kier alpha value is -1.88. The Morgan fingerprint density at radius 3 is 2.90 bits per heavy atom. The van der Waals surface area contributed by atoms with E-state index in [0.29, 0.717) is 12.5 Å². The Bertz CT molecular complexity index is 668. The Morgan fingerprint density at radius 2 is 2.14 bits per heavy atom. The zero-order valence-corrected chi connectivity index (χ0v) is 13.3. The number of rotatable bonds is 3. The lowest BCUT2D eigenvalue weighted by Gasteiger charge is -2.07. The number of anilines is 1. The molecule has 4 nitrogen and oxygen atoms in total. The summed E-state index contributed by atoms with van der Waals surface area (Å²) in [5, 5.41) is 4.17. The van der Waals surface area contributed by atoms with Crippen molar-refractivity contribution >= 4 is 23.0 Å². The van der Waals surface area contributed by atoms with Gasteiger partial charge in [0.05, 0.1) is 12.2 Å². The number of aryl methyl sites for hydroxylation is 4. The number of hydrogen-bond donors (Lipinski definition) is 2. The molecule has 1 aliphatic carbocycles. The molecule has 0 aliphatic heterocycles. The monoisotopic (exact) mass is 300 g/mol. The lowest BCUT2D eigenvalue weighted by Crippen LogP contribution is -2.22. The molecule has 5 heteroatoms. The summed E-state index contributed by atoms with van der Waals surface area (Å²) in [6.07, 6.45) is 3.62. The van der Waals surface area contributed by atoms with E-state index in [1.54, 1.807) is 11.3 Å². The van der Waals surface area contributed by atoms with Crippen molar-refractivity contribution in [1.82, 2.24) is 4.98 Å². The second kappa shape index (κ2) is 5.85. The minimum Gasteiger partial charge on any atom is -0.370 e. The van der Waals surface area contributed by atoms with Crippen LogP contribution in [-0.2, 0) is 19.4 Å². The van der Waals surface area contributed by atoms with Crippen molar-refractivity contribution in [2.24, 2.45) is 10.7 Å². The van der Waals surface area contributed by atoms with E-state index in [1.165, 1.54) is 35.3 Å². The van der Waals surface area contributed by atoms with E-state index < -0.39 is 0 Å². The maximum Gasteiger partial charge on any atom is 0.193 e. The van der Waals surface area contributed by atoms with Crippen molar-refractivity contribution in [1.29, 1.82) is 0 Å². The van der Waals surface area contributed by atoms with Gasteiger partial charge in [-0.05, 0) is 56.4 Å². The molecule has 3 rings (SSSR count). The molecule has 21 heavy (non-hydrogen) atoms. The summed E-state index contributed by atoms with van der Waals surface area (Å²) in [7, 11) is 0. The smallest absolute Gasteiger partial charge is 0.193 e. The normalized spacial score (nSPS) is 14.3. The van der Waals surface area contributed by atoms with Gasteiger partial charge in [-0.1, -0.05) is 6.07 Å². The first-order valence-electron chi connectivity index (χ1n) is 7.23. The van der Waals surface area contributed by atoms with Gasteiger partial charge in [0.25, 0.3) is 0 Å². The van der Waals surface area contributed by atoms with Gasteiger partial charge in [-0.3, -0.25) is 0 Å². The van der Waals surface area contributed by atoms with Crippen molar-refractivity contribution in [2.45, 2.75) is 39.7 Å². The highest BCUT2D eigenvalue weighted by atomic mass is 32.1. The van der Waals surface area contributed by atoms with Crippen molar-refractivity contribution in [3.8, 4) is 0 Å². The van der Waals surface area contributed by atoms with Crippen LogP contribution in [0.25, 0.3) is 0 Å². The van der Waals surface area contributed by atoms with Gasteiger partial charge in [0.1, 0.15) is 5.01 Å². The number of benzene rings is 1. The van der Waals surface area contributed by atoms with Gasteiger partial charge in [-0.15, -0.1) is 11.3 Å². The molecule has 110 valence electrons. The van der Waals surface area contributed by atoms with Crippen LogP contribution in [0, 0.1) is 13.8 Å². The van der Waals surface area contributed by atoms with Gasteiger partial charge >= 0.3 is 0 Å². The molecule has 1 aliphatic rings. The van der Waals surface area contributed by atoms with Crippen LogP contribution in [0.2, 0.25) is 0 Å². The predicted molar refractivity (Wildman–Crippen MR) is 89.0 cm³/mol. The van der Waals surface area contributed by atoms with Gasteiger partial charge in [0, 0.05) is 10.6 Å². The van der Waals surface area contributed by atoms with Crippen LogP contribution in [0.4, 0.5) is 5.69 Å². The average Bonchev–Trinajstić information content (AvgIpc) is 3.03. The van der Waals surface area contributed by atoms with E-state index >= 15 is 0 Å².